The van der Waals surface area contributed by atoms with Gasteiger partial charge in [0.1, 0.15) is 5.82 Å². The summed E-state index contributed by atoms with van der Waals surface area (Å²) in [7, 11) is 0. The minimum Gasteiger partial charge on any atom is -0.370 e. The number of carbonyl (C=O) groups is 1. The lowest BCUT2D eigenvalue weighted by Gasteiger charge is -2.41. The molecule has 116 valence electrons. The summed E-state index contributed by atoms with van der Waals surface area (Å²) in [5, 5.41) is 3.19. The molecule has 0 radical (unpaired) electrons. The number of nitrogens with one attached hydrogen (secondary N) is 1. The van der Waals surface area contributed by atoms with E-state index in [1.54, 1.807) is 0 Å². The third-order valence-electron chi connectivity index (χ3n) is 4.42. The van der Waals surface area contributed by atoms with E-state index in [9.17, 15) is 4.79 Å². The van der Waals surface area contributed by atoms with Gasteiger partial charge in [0.05, 0.1) is 0 Å². The molecule has 1 aliphatic rings. The van der Waals surface area contributed by atoms with Gasteiger partial charge in [-0.25, -0.2) is 4.98 Å². The lowest BCUT2D eigenvalue weighted by Crippen LogP contribution is -2.48. The van der Waals surface area contributed by atoms with Crippen molar-refractivity contribution < 1.29 is 4.79 Å². The van der Waals surface area contributed by atoms with E-state index in [4.69, 9.17) is 0 Å². The summed E-state index contributed by atoms with van der Waals surface area (Å²) in [6.07, 6.45) is 1.20. The number of carbonyl (C=O) groups excluding carboxylic acids is 1. The maximum Gasteiger partial charge on any atom is 0.254 e. The summed E-state index contributed by atoms with van der Waals surface area (Å²) in [6, 6.07) is 4.06. The Balaban J connectivity index is 2.26. The van der Waals surface area contributed by atoms with Gasteiger partial charge in [0, 0.05) is 30.4 Å². The number of aryl methyl sites for hydroxylation is 1. The van der Waals surface area contributed by atoms with Crippen LogP contribution in [0.4, 0.5) is 5.82 Å². The van der Waals surface area contributed by atoms with Crippen LogP contribution in [0.25, 0.3) is 0 Å². The van der Waals surface area contributed by atoms with Crippen molar-refractivity contribution in [2.75, 3.05) is 18.4 Å². The monoisotopic (exact) mass is 289 g/mol. The summed E-state index contributed by atoms with van der Waals surface area (Å²) in [4.78, 5) is 19.3. The van der Waals surface area contributed by atoms with Crippen molar-refractivity contribution in [3.05, 3.63) is 23.4 Å². The minimum atomic E-state index is 0.130. The van der Waals surface area contributed by atoms with Crippen LogP contribution in [0.1, 0.15) is 50.2 Å². The van der Waals surface area contributed by atoms with Crippen molar-refractivity contribution in [2.24, 2.45) is 11.8 Å². The van der Waals surface area contributed by atoms with Gasteiger partial charge < -0.3 is 10.2 Å². The number of likely N-dealkylation sites (tertiary alicyclic amines) is 1. The van der Waals surface area contributed by atoms with Gasteiger partial charge in [-0.1, -0.05) is 13.8 Å². The number of aromatic nitrogens is 1. The third kappa shape index (κ3) is 3.55. The highest BCUT2D eigenvalue weighted by molar-refractivity contribution is 5.95. The van der Waals surface area contributed by atoms with E-state index in [0.717, 1.165) is 30.2 Å². The van der Waals surface area contributed by atoms with Gasteiger partial charge in [-0.15, -0.1) is 0 Å². The predicted octanol–water partition coefficient (Wildman–Crippen LogP) is 3.33. The largest absolute Gasteiger partial charge is 0.370 e. The molecule has 1 amide bonds. The number of anilines is 1. The highest BCUT2D eigenvalue weighted by Gasteiger charge is 2.32. The molecule has 4 heteroatoms. The second-order valence-corrected chi connectivity index (χ2v) is 6.43. The smallest absolute Gasteiger partial charge is 0.254 e. The number of hydrogen-bond acceptors (Lipinski definition) is 3. The molecular formula is C17H27N3O. The normalized spacial score (nSPS) is 25.8. The van der Waals surface area contributed by atoms with Gasteiger partial charge in [-0.05, 0) is 51.2 Å². The van der Waals surface area contributed by atoms with Crippen LogP contribution in [0, 0.1) is 18.8 Å². The third-order valence-corrected chi connectivity index (χ3v) is 4.42. The van der Waals surface area contributed by atoms with Gasteiger partial charge in [0.15, 0.2) is 0 Å². The molecule has 0 aliphatic carbocycles. The zero-order valence-corrected chi connectivity index (χ0v) is 13.8. The van der Waals surface area contributed by atoms with Crippen LogP contribution >= 0.6 is 0 Å². The lowest BCUT2D eigenvalue weighted by atomic mass is 9.85. The lowest BCUT2D eigenvalue weighted by molar-refractivity contribution is 0.0455. The number of pyridine rings is 1. The van der Waals surface area contributed by atoms with Crippen molar-refractivity contribution in [3.8, 4) is 0 Å². The molecule has 1 fully saturated rings. The van der Waals surface area contributed by atoms with E-state index in [-0.39, 0.29) is 5.91 Å². The number of amides is 1. The average molecular weight is 289 g/mol. The molecule has 0 aromatic carbocycles. The fraction of sp³-hybridized carbons (Fsp3) is 0.647. The zero-order chi connectivity index (χ0) is 15.6. The molecule has 0 saturated carbocycles. The molecule has 1 aromatic rings. The van der Waals surface area contributed by atoms with Crippen LogP contribution in [0.2, 0.25) is 0 Å². The molecule has 21 heavy (non-hydrogen) atoms. The summed E-state index contributed by atoms with van der Waals surface area (Å²) in [5.41, 5.74) is 1.62. The van der Waals surface area contributed by atoms with Crippen LogP contribution < -0.4 is 5.32 Å². The topological polar surface area (TPSA) is 45.2 Å². The van der Waals surface area contributed by atoms with E-state index in [1.165, 1.54) is 6.42 Å². The first-order chi connectivity index (χ1) is 9.92. The second kappa shape index (κ2) is 6.46. The Morgan fingerprint density at radius 3 is 2.76 bits per heavy atom. The van der Waals surface area contributed by atoms with Gasteiger partial charge in [-0.2, -0.15) is 0 Å². The average Bonchev–Trinajstić information content (AvgIpc) is 2.41. The molecule has 0 bridgehead atoms. The van der Waals surface area contributed by atoms with Crippen molar-refractivity contribution >= 4 is 11.7 Å². The van der Waals surface area contributed by atoms with Gasteiger partial charge in [-0.3, -0.25) is 4.79 Å². The second-order valence-electron chi connectivity index (χ2n) is 6.43. The first-order valence-electron chi connectivity index (χ1n) is 7.95. The number of piperidine rings is 1. The van der Waals surface area contributed by atoms with Gasteiger partial charge >= 0.3 is 0 Å². The van der Waals surface area contributed by atoms with Crippen molar-refractivity contribution in [2.45, 2.75) is 47.1 Å². The van der Waals surface area contributed by atoms with Crippen LogP contribution in [0.3, 0.4) is 0 Å². The Bertz CT molecular complexity index is 515. The van der Waals surface area contributed by atoms with E-state index in [0.29, 0.717) is 17.9 Å². The number of nitrogens with zero attached hydrogens (tertiary/aromatic N) is 2. The van der Waals surface area contributed by atoms with E-state index in [1.807, 2.05) is 30.9 Å². The standard InChI is InChI=1S/C17H27N3O/c1-6-18-16-9-15(8-13(4)19-16)17(21)20-10-11(2)7-12(3)14(20)5/h8-9,11-12,14H,6-7,10H2,1-5H3,(H,18,19). The van der Waals surface area contributed by atoms with Gasteiger partial charge in [0.25, 0.3) is 5.91 Å². The first kappa shape index (κ1) is 15.8. The van der Waals surface area contributed by atoms with Crippen LogP contribution in [0.5, 0.6) is 0 Å². The molecule has 1 aromatic heterocycles. The van der Waals surface area contributed by atoms with Crippen LogP contribution in [-0.2, 0) is 0 Å². The Morgan fingerprint density at radius 2 is 2.10 bits per heavy atom. The molecule has 3 atom stereocenters. The maximum atomic E-state index is 12.9. The van der Waals surface area contributed by atoms with E-state index >= 15 is 0 Å². The quantitative estimate of drug-likeness (QED) is 0.928. The minimum absolute atomic E-state index is 0.130. The molecular weight excluding hydrogens is 262 g/mol. The Kier molecular flexibility index (Phi) is 4.86. The summed E-state index contributed by atoms with van der Waals surface area (Å²) in [6.45, 7) is 12.2. The molecule has 1 aliphatic heterocycles. The van der Waals surface area contributed by atoms with Crippen LogP contribution in [-0.4, -0.2) is 34.9 Å². The van der Waals surface area contributed by atoms with Crippen molar-refractivity contribution in [1.29, 1.82) is 0 Å². The summed E-state index contributed by atoms with van der Waals surface area (Å²) >= 11 is 0. The fourth-order valence-electron chi connectivity index (χ4n) is 3.21. The number of hydrogen-bond donors (Lipinski definition) is 1. The highest BCUT2D eigenvalue weighted by atomic mass is 16.2. The predicted molar refractivity (Wildman–Crippen MR) is 86.6 cm³/mol. The Hall–Kier alpha value is -1.58. The SMILES string of the molecule is CCNc1cc(C(=O)N2CC(C)CC(C)C2C)cc(C)n1. The fourth-order valence-corrected chi connectivity index (χ4v) is 3.21. The highest BCUT2D eigenvalue weighted by Crippen LogP contribution is 2.28. The molecule has 2 rings (SSSR count). The molecule has 4 nitrogen and oxygen atoms in total. The van der Waals surface area contributed by atoms with E-state index in [2.05, 4.69) is 31.1 Å². The molecule has 1 saturated heterocycles. The Morgan fingerprint density at radius 1 is 1.38 bits per heavy atom. The Labute approximate surface area is 127 Å². The molecule has 3 unspecified atom stereocenters. The van der Waals surface area contributed by atoms with Crippen molar-refractivity contribution in [1.82, 2.24) is 9.88 Å². The van der Waals surface area contributed by atoms with Crippen molar-refractivity contribution in [3.63, 3.8) is 0 Å². The number of rotatable bonds is 3. The summed E-state index contributed by atoms with van der Waals surface area (Å²) in [5.74, 6) is 2.03. The maximum absolute atomic E-state index is 12.9. The van der Waals surface area contributed by atoms with Gasteiger partial charge in [0.2, 0.25) is 0 Å². The van der Waals surface area contributed by atoms with E-state index < -0.39 is 0 Å². The summed E-state index contributed by atoms with van der Waals surface area (Å²) < 4.78 is 0. The molecule has 1 N–H and O–H groups in total. The zero-order valence-electron chi connectivity index (χ0n) is 13.8. The molecule has 2 heterocycles. The molecule has 0 spiro atoms. The first-order valence-corrected chi connectivity index (χ1v) is 7.95. The van der Waals surface area contributed by atoms with Crippen LogP contribution in [0.15, 0.2) is 12.1 Å².